The number of sulfone groups is 1. The number of aryl methyl sites for hydroxylation is 1. The molecule has 1 N–H and O–H groups in total. The van der Waals surface area contributed by atoms with Gasteiger partial charge in [-0.3, -0.25) is 4.98 Å². The third kappa shape index (κ3) is 4.88. The lowest BCUT2D eigenvalue weighted by molar-refractivity contribution is 0.591. The first-order chi connectivity index (χ1) is 10.3. The molecule has 1 atom stereocenters. The van der Waals surface area contributed by atoms with E-state index in [1.807, 2.05) is 19.1 Å². The van der Waals surface area contributed by atoms with Gasteiger partial charge in [0.1, 0.15) is 0 Å². The maximum absolute atomic E-state index is 11.5. The number of anilines is 1. The van der Waals surface area contributed by atoms with Gasteiger partial charge in [-0.15, -0.1) is 0 Å². The number of pyridine rings is 1. The van der Waals surface area contributed by atoms with Crippen molar-refractivity contribution < 1.29 is 8.42 Å². The van der Waals surface area contributed by atoms with Gasteiger partial charge in [0.25, 0.3) is 5.16 Å². The van der Waals surface area contributed by atoms with E-state index < -0.39 is 9.84 Å². The zero-order valence-corrected chi connectivity index (χ0v) is 13.8. The summed E-state index contributed by atoms with van der Waals surface area (Å²) in [7, 11) is -3.53. The molecule has 1 unspecified atom stereocenters. The van der Waals surface area contributed by atoms with Gasteiger partial charge < -0.3 is 5.32 Å². The van der Waals surface area contributed by atoms with Gasteiger partial charge in [0.15, 0.2) is 0 Å². The van der Waals surface area contributed by atoms with Crippen molar-refractivity contribution in [3.05, 3.63) is 35.4 Å². The summed E-state index contributed by atoms with van der Waals surface area (Å²) < 4.78 is 23.0. The molecule has 2 aromatic rings. The van der Waals surface area contributed by atoms with Crippen molar-refractivity contribution in [1.82, 2.24) is 19.9 Å². The summed E-state index contributed by atoms with van der Waals surface area (Å²) in [5, 5.41) is 2.55. The predicted octanol–water partition coefficient (Wildman–Crippen LogP) is 1.76. The van der Waals surface area contributed by atoms with Crippen LogP contribution >= 0.6 is 11.6 Å². The number of hydrogen-bond donors (Lipinski definition) is 1. The molecular formula is C13H16ClN5O2S. The third-order valence-electron chi connectivity index (χ3n) is 2.91. The monoisotopic (exact) mass is 341 g/mol. The van der Waals surface area contributed by atoms with Gasteiger partial charge in [-0.25, -0.2) is 8.42 Å². The molecule has 0 fully saturated rings. The van der Waals surface area contributed by atoms with Crippen molar-refractivity contribution in [2.24, 2.45) is 0 Å². The van der Waals surface area contributed by atoms with E-state index in [1.165, 1.54) is 5.56 Å². The second-order valence-corrected chi connectivity index (χ2v) is 7.17. The molecule has 7 nitrogen and oxygen atoms in total. The van der Waals surface area contributed by atoms with Gasteiger partial charge in [-0.2, -0.15) is 15.0 Å². The lowest BCUT2D eigenvalue weighted by atomic mass is 10.1. The molecule has 2 heterocycles. The number of aromatic nitrogens is 4. The Balaban J connectivity index is 2.02. The van der Waals surface area contributed by atoms with Crippen LogP contribution in [0.4, 0.5) is 5.95 Å². The minimum atomic E-state index is -3.53. The van der Waals surface area contributed by atoms with Gasteiger partial charge in [-0.1, -0.05) is 0 Å². The molecule has 22 heavy (non-hydrogen) atoms. The zero-order valence-electron chi connectivity index (χ0n) is 12.2. The molecule has 2 rings (SSSR count). The molecule has 2 aromatic heterocycles. The Morgan fingerprint density at radius 2 is 1.91 bits per heavy atom. The summed E-state index contributed by atoms with van der Waals surface area (Å²) in [4.78, 5) is 15.4. The van der Waals surface area contributed by atoms with Crippen LogP contribution in [-0.2, 0) is 16.3 Å². The first-order valence-electron chi connectivity index (χ1n) is 6.61. The Kier molecular flexibility index (Phi) is 5.25. The van der Waals surface area contributed by atoms with Crippen LogP contribution in [0.15, 0.2) is 29.7 Å². The Morgan fingerprint density at radius 3 is 2.55 bits per heavy atom. The summed E-state index contributed by atoms with van der Waals surface area (Å²) in [5.74, 6) is 0.155. The van der Waals surface area contributed by atoms with Gasteiger partial charge in [0, 0.05) is 24.7 Å². The number of rotatable bonds is 6. The lowest BCUT2D eigenvalue weighted by Crippen LogP contribution is -2.19. The van der Waals surface area contributed by atoms with Crippen LogP contribution in [0.3, 0.4) is 0 Å². The fraction of sp³-hybridized carbons (Fsp3) is 0.385. The van der Waals surface area contributed by atoms with Crippen LogP contribution in [0, 0.1) is 0 Å². The number of nitrogens with one attached hydrogen (secondary N) is 1. The molecule has 0 saturated heterocycles. The molecule has 0 radical (unpaired) electrons. The first-order valence-corrected chi connectivity index (χ1v) is 8.88. The van der Waals surface area contributed by atoms with Crippen molar-refractivity contribution in [2.45, 2.75) is 31.0 Å². The maximum atomic E-state index is 11.5. The molecule has 0 aliphatic rings. The van der Waals surface area contributed by atoms with Crippen molar-refractivity contribution in [1.29, 1.82) is 0 Å². The largest absolute Gasteiger partial charge is 0.352 e. The van der Waals surface area contributed by atoms with Crippen LogP contribution < -0.4 is 5.32 Å². The Labute approximate surface area is 134 Å². The van der Waals surface area contributed by atoms with Crippen LogP contribution in [0.25, 0.3) is 0 Å². The van der Waals surface area contributed by atoms with Crippen LogP contribution in [0.2, 0.25) is 5.28 Å². The number of nitrogens with zero attached hydrogens (tertiary/aromatic N) is 4. The quantitative estimate of drug-likeness (QED) is 0.854. The standard InChI is InChI=1S/C13H16ClN5O2S/c1-9(3-4-10-5-7-15-8-6-10)16-12-17-11(14)18-13(19-12)22(2,20)21/h5-9H,3-4H2,1-2H3,(H,16,17,18,19). The molecular weight excluding hydrogens is 326 g/mol. The van der Waals surface area contributed by atoms with Crippen LogP contribution in [0.5, 0.6) is 0 Å². The molecule has 0 spiro atoms. The molecule has 0 aliphatic heterocycles. The van der Waals surface area contributed by atoms with Gasteiger partial charge in [0.2, 0.25) is 21.1 Å². The molecule has 0 aromatic carbocycles. The van der Waals surface area contributed by atoms with E-state index >= 15 is 0 Å². The SMILES string of the molecule is CC(CCc1ccncc1)Nc1nc(Cl)nc(S(C)(=O)=O)n1. The molecule has 9 heteroatoms. The molecule has 0 amide bonds. The van der Waals surface area contributed by atoms with E-state index in [1.54, 1.807) is 12.4 Å². The summed E-state index contributed by atoms with van der Waals surface area (Å²) in [6, 6.07) is 3.95. The topological polar surface area (TPSA) is 97.7 Å². The average molecular weight is 342 g/mol. The second kappa shape index (κ2) is 6.97. The molecule has 0 bridgehead atoms. The van der Waals surface area contributed by atoms with Gasteiger partial charge in [-0.05, 0) is 49.1 Å². The average Bonchev–Trinajstić information content (AvgIpc) is 2.45. The van der Waals surface area contributed by atoms with E-state index in [0.29, 0.717) is 0 Å². The lowest BCUT2D eigenvalue weighted by Gasteiger charge is -2.14. The first kappa shape index (κ1) is 16.6. The van der Waals surface area contributed by atoms with Gasteiger partial charge in [0.05, 0.1) is 0 Å². The highest BCUT2D eigenvalue weighted by atomic mass is 35.5. The van der Waals surface area contributed by atoms with E-state index in [-0.39, 0.29) is 22.4 Å². The highest BCUT2D eigenvalue weighted by molar-refractivity contribution is 7.90. The van der Waals surface area contributed by atoms with E-state index in [0.717, 1.165) is 19.1 Å². The van der Waals surface area contributed by atoms with Crippen LogP contribution in [0.1, 0.15) is 18.9 Å². The Morgan fingerprint density at radius 1 is 1.23 bits per heavy atom. The fourth-order valence-electron chi connectivity index (χ4n) is 1.79. The molecule has 0 aliphatic carbocycles. The van der Waals surface area contributed by atoms with Crippen molar-refractivity contribution in [3.63, 3.8) is 0 Å². The van der Waals surface area contributed by atoms with E-state index in [4.69, 9.17) is 11.6 Å². The minimum Gasteiger partial charge on any atom is -0.352 e. The van der Waals surface area contributed by atoms with Crippen LogP contribution in [-0.4, -0.2) is 40.7 Å². The second-order valence-electron chi connectivity index (χ2n) is 4.92. The normalized spacial score (nSPS) is 12.9. The summed E-state index contributed by atoms with van der Waals surface area (Å²) >= 11 is 5.74. The number of hydrogen-bond acceptors (Lipinski definition) is 7. The molecule has 0 saturated carbocycles. The van der Waals surface area contributed by atoms with Crippen molar-refractivity contribution in [3.8, 4) is 0 Å². The van der Waals surface area contributed by atoms with Gasteiger partial charge >= 0.3 is 0 Å². The highest BCUT2D eigenvalue weighted by Crippen LogP contribution is 2.12. The smallest absolute Gasteiger partial charge is 0.252 e. The minimum absolute atomic E-state index is 0.0408. The number of halogens is 1. The predicted molar refractivity (Wildman–Crippen MR) is 83.6 cm³/mol. The summed E-state index contributed by atoms with van der Waals surface area (Å²) in [6.07, 6.45) is 6.19. The third-order valence-corrected chi connectivity index (χ3v) is 3.93. The van der Waals surface area contributed by atoms with E-state index in [9.17, 15) is 8.42 Å². The Bertz CT molecular complexity index is 739. The highest BCUT2D eigenvalue weighted by Gasteiger charge is 2.15. The van der Waals surface area contributed by atoms with Crippen molar-refractivity contribution in [2.75, 3.05) is 11.6 Å². The summed E-state index contributed by atoms with van der Waals surface area (Å²) in [5.41, 5.74) is 1.18. The fourth-order valence-corrected chi connectivity index (χ4v) is 2.50. The zero-order chi connectivity index (χ0) is 16.2. The Hall–Kier alpha value is -1.80. The molecule has 118 valence electrons. The van der Waals surface area contributed by atoms with E-state index in [2.05, 4.69) is 25.3 Å². The summed E-state index contributed by atoms with van der Waals surface area (Å²) in [6.45, 7) is 1.96. The maximum Gasteiger partial charge on any atom is 0.252 e. The van der Waals surface area contributed by atoms with Crippen molar-refractivity contribution >= 4 is 27.4 Å².